The van der Waals surface area contributed by atoms with Crippen molar-refractivity contribution < 1.29 is 0 Å². The van der Waals surface area contributed by atoms with Crippen molar-refractivity contribution in [1.82, 2.24) is 5.01 Å². The Morgan fingerprint density at radius 3 is 2.91 bits per heavy atom. The average Bonchev–Trinajstić information content (AvgIpc) is 1.95. The van der Waals surface area contributed by atoms with Crippen molar-refractivity contribution >= 4 is 6.21 Å². The minimum Gasteiger partial charge on any atom is -0.242 e. The van der Waals surface area contributed by atoms with E-state index in [4.69, 9.17) is 0 Å². The molecule has 1 heterocycles. The smallest absolute Gasteiger partial charge is 0.0576 e. The molecule has 0 bridgehead atoms. The third kappa shape index (κ3) is 1.80. The minimum atomic E-state index is 0.906. The molecular formula is C9H12N2. The van der Waals surface area contributed by atoms with Crippen molar-refractivity contribution in [3.8, 4) is 0 Å². The number of allylic oxidation sites excluding steroid dienone is 3. The summed E-state index contributed by atoms with van der Waals surface area (Å²) < 4.78 is 0. The van der Waals surface area contributed by atoms with Crippen molar-refractivity contribution in [2.45, 2.75) is 13.8 Å². The highest BCUT2D eigenvalue weighted by Crippen LogP contribution is 2.14. The zero-order chi connectivity index (χ0) is 8.27. The maximum atomic E-state index is 4.08. The number of rotatable bonds is 1. The zero-order valence-electron chi connectivity index (χ0n) is 6.91. The second-order valence-electron chi connectivity index (χ2n) is 2.41. The van der Waals surface area contributed by atoms with E-state index in [1.807, 2.05) is 32.2 Å². The van der Waals surface area contributed by atoms with Crippen LogP contribution in [0.2, 0.25) is 0 Å². The Balaban J connectivity index is 2.77. The molecule has 0 aromatic heterocycles. The molecule has 0 N–H and O–H groups in total. The molecule has 0 aliphatic carbocycles. The summed E-state index contributed by atoms with van der Waals surface area (Å²) in [6, 6.07) is 0. The molecule has 0 saturated carbocycles. The zero-order valence-corrected chi connectivity index (χ0v) is 6.91. The van der Waals surface area contributed by atoms with Crippen molar-refractivity contribution in [1.29, 1.82) is 0 Å². The van der Waals surface area contributed by atoms with Crippen LogP contribution in [-0.2, 0) is 0 Å². The normalized spacial score (nSPS) is 17.8. The molecule has 2 heteroatoms. The maximum Gasteiger partial charge on any atom is 0.0576 e. The summed E-state index contributed by atoms with van der Waals surface area (Å²) in [6.45, 7) is 7.77. The summed E-state index contributed by atoms with van der Waals surface area (Å²) >= 11 is 0. The standard InChI is InChI=1S/C9H12N2/c1-4-10-11-6-5-8(2)7-9(11)3/h4-7H,3H2,1-2H3/b10-4-. The van der Waals surface area contributed by atoms with Gasteiger partial charge in [0.15, 0.2) is 0 Å². The van der Waals surface area contributed by atoms with Crippen LogP contribution in [0.15, 0.2) is 41.3 Å². The topological polar surface area (TPSA) is 15.6 Å². The van der Waals surface area contributed by atoms with Gasteiger partial charge in [0.2, 0.25) is 0 Å². The largest absolute Gasteiger partial charge is 0.242 e. The van der Waals surface area contributed by atoms with E-state index in [-0.39, 0.29) is 0 Å². The molecule has 0 amide bonds. The Kier molecular flexibility index (Phi) is 2.26. The van der Waals surface area contributed by atoms with Gasteiger partial charge in [-0.3, -0.25) is 0 Å². The molecule has 11 heavy (non-hydrogen) atoms. The lowest BCUT2D eigenvalue weighted by molar-refractivity contribution is 0.513. The van der Waals surface area contributed by atoms with Crippen LogP contribution >= 0.6 is 0 Å². The van der Waals surface area contributed by atoms with Gasteiger partial charge in [0.05, 0.1) is 5.70 Å². The quantitative estimate of drug-likeness (QED) is 0.521. The highest BCUT2D eigenvalue weighted by Gasteiger charge is 2.02. The summed E-state index contributed by atoms with van der Waals surface area (Å²) in [5, 5.41) is 5.82. The van der Waals surface area contributed by atoms with Gasteiger partial charge >= 0.3 is 0 Å². The fraction of sp³-hybridized carbons (Fsp3) is 0.222. The van der Waals surface area contributed by atoms with Gasteiger partial charge in [0, 0.05) is 12.4 Å². The molecule has 0 unspecified atom stereocenters. The molecular weight excluding hydrogens is 136 g/mol. The highest BCUT2D eigenvalue weighted by molar-refractivity contribution is 5.53. The molecule has 0 atom stereocenters. The fourth-order valence-electron chi connectivity index (χ4n) is 0.898. The van der Waals surface area contributed by atoms with Crippen LogP contribution in [0.4, 0.5) is 0 Å². The van der Waals surface area contributed by atoms with E-state index in [0.29, 0.717) is 0 Å². The van der Waals surface area contributed by atoms with Gasteiger partial charge < -0.3 is 0 Å². The summed E-state index contributed by atoms with van der Waals surface area (Å²) in [5.41, 5.74) is 2.11. The molecule has 0 spiro atoms. The van der Waals surface area contributed by atoms with Crippen molar-refractivity contribution in [3.05, 3.63) is 36.2 Å². The van der Waals surface area contributed by atoms with Gasteiger partial charge in [-0.25, -0.2) is 5.01 Å². The van der Waals surface area contributed by atoms with Gasteiger partial charge in [0.1, 0.15) is 0 Å². The predicted octanol–water partition coefficient (Wildman–Crippen LogP) is 2.28. The first-order chi connectivity index (χ1) is 5.24. The molecule has 1 rings (SSSR count). The minimum absolute atomic E-state index is 0.906. The van der Waals surface area contributed by atoms with Crippen LogP contribution in [0.5, 0.6) is 0 Å². The van der Waals surface area contributed by atoms with Gasteiger partial charge in [-0.1, -0.05) is 6.58 Å². The van der Waals surface area contributed by atoms with E-state index < -0.39 is 0 Å². The summed E-state index contributed by atoms with van der Waals surface area (Å²) in [5.74, 6) is 0. The van der Waals surface area contributed by atoms with Crippen LogP contribution < -0.4 is 0 Å². The van der Waals surface area contributed by atoms with Crippen molar-refractivity contribution in [3.63, 3.8) is 0 Å². The van der Waals surface area contributed by atoms with Crippen LogP contribution in [-0.4, -0.2) is 11.2 Å². The lowest BCUT2D eigenvalue weighted by Crippen LogP contribution is -2.09. The SMILES string of the molecule is C=C1C=C(C)C=CN1/N=C\C. The third-order valence-electron chi connectivity index (χ3n) is 1.41. The van der Waals surface area contributed by atoms with Gasteiger partial charge in [0.25, 0.3) is 0 Å². The molecule has 0 aromatic rings. The van der Waals surface area contributed by atoms with Gasteiger partial charge in [-0.05, 0) is 31.6 Å². The molecule has 0 aromatic carbocycles. The Morgan fingerprint density at radius 1 is 1.64 bits per heavy atom. The molecule has 0 radical (unpaired) electrons. The first-order valence-electron chi connectivity index (χ1n) is 3.57. The summed E-state index contributed by atoms with van der Waals surface area (Å²) in [7, 11) is 0. The van der Waals surface area contributed by atoms with Crippen LogP contribution in [0.1, 0.15) is 13.8 Å². The number of hydrazone groups is 1. The molecule has 0 saturated heterocycles. The van der Waals surface area contributed by atoms with E-state index in [1.165, 1.54) is 5.57 Å². The van der Waals surface area contributed by atoms with Crippen molar-refractivity contribution in [2.24, 2.45) is 5.10 Å². The average molecular weight is 148 g/mol. The number of hydrogen-bond acceptors (Lipinski definition) is 2. The lowest BCUT2D eigenvalue weighted by atomic mass is 10.2. The third-order valence-corrected chi connectivity index (χ3v) is 1.41. The maximum absolute atomic E-state index is 4.08. The Hall–Kier alpha value is -1.31. The van der Waals surface area contributed by atoms with Crippen LogP contribution in [0.25, 0.3) is 0 Å². The monoisotopic (exact) mass is 148 g/mol. The Morgan fingerprint density at radius 2 is 2.36 bits per heavy atom. The van der Waals surface area contributed by atoms with Gasteiger partial charge in [-0.15, -0.1) is 0 Å². The van der Waals surface area contributed by atoms with Crippen molar-refractivity contribution in [2.75, 3.05) is 0 Å². The lowest BCUT2D eigenvalue weighted by Gasteiger charge is -2.17. The second-order valence-corrected chi connectivity index (χ2v) is 2.41. The van der Waals surface area contributed by atoms with Crippen LogP contribution in [0.3, 0.4) is 0 Å². The summed E-state index contributed by atoms with van der Waals surface area (Å²) in [6.07, 6.45) is 7.64. The molecule has 0 fully saturated rings. The molecule has 2 nitrogen and oxygen atoms in total. The molecule has 1 aliphatic heterocycles. The first-order valence-corrected chi connectivity index (χ1v) is 3.57. The van der Waals surface area contributed by atoms with Crippen LogP contribution in [0, 0.1) is 0 Å². The number of nitrogens with zero attached hydrogens (tertiary/aromatic N) is 2. The van der Waals surface area contributed by atoms with E-state index >= 15 is 0 Å². The number of hydrogen-bond donors (Lipinski definition) is 0. The molecule has 58 valence electrons. The second kappa shape index (κ2) is 3.19. The Labute approximate surface area is 67.2 Å². The first kappa shape index (κ1) is 7.79. The Bertz CT molecular complexity index is 246. The highest BCUT2D eigenvalue weighted by atomic mass is 15.4. The van der Waals surface area contributed by atoms with E-state index in [2.05, 4.69) is 11.7 Å². The molecule has 1 aliphatic rings. The predicted molar refractivity (Wildman–Crippen MR) is 48.0 cm³/mol. The van der Waals surface area contributed by atoms with E-state index in [1.54, 1.807) is 11.2 Å². The van der Waals surface area contributed by atoms with E-state index in [0.717, 1.165) is 5.70 Å². The fourth-order valence-corrected chi connectivity index (χ4v) is 0.898. The van der Waals surface area contributed by atoms with E-state index in [9.17, 15) is 0 Å². The van der Waals surface area contributed by atoms with Gasteiger partial charge in [-0.2, -0.15) is 5.10 Å². The summed E-state index contributed by atoms with van der Waals surface area (Å²) in [4.78, 5) is 0.